The van der Waals surface area contributed by atoms with Crippen molar-refractivity contribution in [2.75, 3.05) is 7.11 Å². The average molecular weight is 393 g/mol. The minimum Gasteiger partial charge on any atom is -0.497 e. The Bertz CT molecular complexity index is 952. The summed E-state index contributed by atoms with van der Waals surface area (Å²) in [6.45, 7) is 4.34. The van der Waals surface area contributed by atoms with E-state index in [9.17, 15) is 0 Å². The molecule has 1 aromatic carbocycles. The van der Waals surface area contributed by atoms with Gasteiger partial charge in [-0.15, -0.1) is 0 Å². The SMILES string of the molecule is COc1ccc(-n2cccc2[C@@H]2[C@H](c3ccccn3)NC(=S)N2C(C)C)cc1. The minimum atomic E-state index is -0.0111. The number of hydrogen-bond donors (Lipinski definition) is 1. The molecule has 2 aromatic heterocycles. The summed E-state index contributed by atoms with van der Waals surface area (Å²) in [5.41, 5.74) is 3.24. The first-order chi connectivity index (χ1) is 13.6. The number of hydrogen-bond acceptors (Lipinski definition) is 3. The quantitative estimate of drug-likeness (QED) is 0.657. The Labute approximate surface area is 171 Å². The van der Waals surface area contributed by atoms with Gasteiger partial charge in [-0.3, -0.25) is 4.98 Å². The molecule has 0 radical (unpaired) electrons. The van der Waals surface area contributed by atoms with Crippen molar-refractivity contribution >= 4 is 17.3 Å². The lowest BCUT2D eigenvalue weighted by atomic mass is 10.0. The van der Waals surface area contributed by atoms with Crippen LogP contribution in [0.3, 0.4) is 0 Å². The summed E-state index contributed by atoms with van der Waals surface area (Å²) in [6, 6.07) is 18.6. The molecule has 1 aliphatic rings. The number of nitrogens with one attached hydrogen (secondary N) is 1. The molecule has 3 heterocycles. The fraction of sp³-hybridized carbons (Fsp3) is 0.273. The van der Waals surface area contributed by atoms with Gasteiger partial charge in [0.05, 0.1) is 24.9 Å². The van der Waals surface area contributed by atoms with Gasteiger partial charge in [0, 0.05) is 29.8 Å². The molecule has 6 heteroatoms. The van der Waals surface area contributed by atoms with Crippen molar-refractivity contribution in [3.05, 3.63) is 78.4 Å². The van der Waals surface area contributed by atoms with Crippen molar-refractivity contribution in [3.63, 3.8) is 0 Å². The highest BCUT2D eigenvalue weighted by Crippen LogP contribution is 2.40. The summed E-state index contributed by atoms with van der Waals surface area (Å²) in [6.07, 6.45) is 3.92. The van der Waals surface area contributed by atoms with Gasteiger partial charge in [-0.25, -0.2) is 0 Å². The minimum absolute atomic E-state index is 0.0111. The van der Waals surface area contributed by atoms with Crippen LogP contribution in [0.25, 0.3) is 5.69 Å². The molecule has 1 saturated heterocycles. The number of benzene rings is 1. The Hall–Kier alpha value is -2.86. The van der Waals surface area contributed by atoms with Gasteiger partial charge in [0.15, 0.2) is 5.11 Å². The third-order valence-electron chi connectivity index (χ3n) is 5.13. The summed E-state index contributed by atoms with van der Waals surface area (Å²) in [7, 11) is 1.68. The molecule has 1 aliphatic heterocycles. The monoisotopic (exact) mass is 392 g/mol. The highest BCUT2D eigenvalue weighted by Gasteiger charge is 2.42. The van der Waals surface area contributed by atoms with Crippen LogP contribution in [0.5, 0.6) is 5.75 Å². The first-order valence-corrected chi connectivity index (χ1v) is 9.82. The van der Waals surface area contributed by atoms with Gasteiger partial charge in [0.25, 0.3) is 0 Å². The van der Waals surface area contributed by atoms with E-state index >= 15 is 0 Å². The highest BCUT2D eigenvalue weighted by molar-refractivity contribution is 7.80. The Morgan fingerprint density at radius 3 is 2.50 bits per heavy atom. The molecule has 0 spiro atoms. The predicted octanol–water partition coefficient (Wildman–Crippen LogP) is 4.26. The van der Waals surface area contributed by atoms with Gasteiger partial charge in [-0.2, -0.15) is 0 Å². The third kappa shape index (κ3) is 3.24. The fourth-order valence-electron chi connectivity index (χ4n) is 3.85. The Morgan fingerprint density at radius 2 is 1.86 bits per heavy atom. The number of aromatic nitrogens is 2. The number of methoxy groups -OCH3 is 1. The zero-order chi connectivity index (χ0) is 19.7. The molecule has 2 atom stereocenters. The molecule has 28 heavy (non-hydrogen) atoms. The maximum absolute atomic E-state index is 5.70. The molecule has 0 unspecified atom stereocenters. The van der Waals surface area contributed by atoms with Crippen LogP contribution in [-0.4, -0.2) is 32.7 Å². The zero-order valence-electron chi connectivity index (χ0n) is 16.2. The van der Waals surface area contributed by atoms with Gasteiger partial charge in [0.2, 0.25) is 0 Å². The van der Waals surface area contributed by atoms with Gasteiger partial charge in [0.1, 0.15) is 5.75 Å². The molecule has 0 amide bonds. The molecule has 144 valence electrons. The first-order valence-electron chi connectivity index (χ1n) is 9.41. The summed E-state index contributed by atoms with van der Waals surface area (Å²) < 4.78 is 7.51. The van der Waals surface area contributed by atoms with Crippen LogP contribution in [0.15, 0.2) is 67.0 Å². The number of ether oxygens (including phenoxy) is 1. The van der Waals surface area contributed by atoms with Crippen LogP contribution in [0.4, 0.5) is 0 Å². The van der Waals surface area contributed by atoms with Crippen molar-refractivity contribution in [1.29, 1.82) is 0 Å². The van der Waals surface area contributed by atoms with Gasteiger partial charge < -0.3 is 19.5 Å². The third-order valence-corrected chi connectivity index (χ3v) is 5.45. The van der Waals surface area contributed by atoms with Crippen LogP contribution in [-0.2, 0) is 0 Å². The van der Waals surface area contributed by atoms with Crippen molar-refractivity contribution in [2.45, 2.75) is 32.0 Å². The van der Waals surface area contributed by atoms with E-state index in [2.05, 4.69) is 70.1 Å². The second-order valence-corrected chi connectivity index (χ2v) is 7.52. The van der Waals surface area contributed by atoms with E-state index in [1.54, 1.807) is 7.11 Å². The van der Waals surface area contributed by atoms with E-state index in [1.807, 2.05) is 30.5 Å². The molecule has 0 bridgehead atoms. The van der Waals surface area contributed by atoms with E-state index in [0.29, 0.717) is 0 Å². The summed E-state index contributed by atoms with van der Waals surface area (Å²) in [5, 5.41) is 4.26. The van der Waals surface area contributed by atoms with Gasteiger partial charge in [-0.05, 0) is 74.6 Å². The van der Waals surface area contributed by atoms with E-state index in [0.717, 1.165) is 22.2 Å². The van der Waals surface area contributed by atoms with Crippen molar-refractivity contribution in [1.82, 2.24) is 19.8 Å². The van der Waals surface area contributed by atoms with Gasteiger partial charge in [-0.1, -0.05) is 6.07 Å². The van der Waals surface area contributed by atoms with Gasteiger partial charge >= 0.3 is 0 Å². The smallest absolute Gasteiger partial charge is 0.170 e. The Kier molecular flexibility index (Phi) is 5.05. The lowest BCUT2D eigenvalue weighted by Crippen LogP contribution is -2.36. The lowest BCUT2D eigenvalue weighted by Gasteiger charge is -2.31. The topological polar surface area (TPSA) is 42.3 Å². The molecule has 5 nitrogen and oxygen atoms in total. The maximum atomic E-state index is 5.70. The Balaban J connectivity index is 1.80. The first kappa shape index (κ1) is 18.5. The van der Waals surface area contributed by atoms with Crippen LogP contribution in [0.1, 0.15) is 37.3 Å². The molecular formula is C22H24N4OS. The molecule has 0 aliphatic carbocycles. The van der Waals surface area contributed by atoms with E-state index in [4.69, 9.17) is 17.0 Å². The van der Waals surface area contributed by atoms with Crippen molar-refractivity contribution < 1.29 is 4.74 Å². The summed E-state index contributed by atoms with van der Waals surface area (Å²) >= 11 is 5.70. The second-order valence-electron chi connectivity index (χ2n) is 7.13. The molecule has 0 saturated carbocycles. The van der Waals surface area contributed by atoms with Crippen molar-refractivity contribution in [3.8, 4) is 11.4 Å². The zero-order valence-corrected chi connectivity index (χ0v) is 17.1. The lowest BCUT2D eigenvalue weighted by molar-refractivity contribution is 0.262. The van der Waals surface area contributed by atoms with E-state index in [-0.39, 0.29) is 18.1 Å². The molecule has 1 fully saturated rings. The van der Waals surface area contributed by atoms with E-state index in [1.165, 1.54) is 5.69 Å². The van der Waals surface area contributed by atoms with E-state index < -0.39 is 0 Å². The number of nitrogens with zero attached hydrogens (tertiary/aromatic N) is 3. The van der Waals surface area contributed by atoms with Crippen LogP contribution in [0.2, 0.25) is 0 Å². The van der Waals surface area contributed by atoms with Crippen LogP contribution < -0.4 is 10.1 Å². The number of thiocarbonyl (C=S) groups is 1. The maximum Gasteiger partial charge on any atom is 0.170 e. The average Bonchev–Trinajstić information content (AvgIpc) is 3.32. The normalized spacial score (nSPS) is 19.1. The molecule has 1 N–H and O–H groups in total. The highest BCUT2D eigenvalue weighted by atomic mass is 32.1. The molecule has 4 rings (SSSR count). The fourth-order valence-corrected chi connectivity index (χ4v) is 4.30. The summed E-state index contributed by atoms with van der Waals surface area (Å²) in [4.78, 5) is 6.87. The Morgan fingerprint density at radius 1 is 1.07 bits per heavy atom. The van der Waals surface area contributed by atoms with Crippen LogP contribution in [0, 0.1) is 0 Å². The largest absolute Gasteiger partial charge is 0.497 e. The number of rotatable bonds is 5. The molecular weight excluding hydrogens is 368 g/mol. The standard InChI is InChI=1S/C22H24N4OS/c1-15(2)26-21(20(24-22(26)28)18-7-4-5-13-23-18)19-8-6-14-25(19)16-9-11-17(27-3)12-10-16/h4-15,20-21H,1-3H3,(H,24,28)/t20-,21+/m0/s1. The second kappa shape index (κ2) is 7.64. The number of pyridine rings is 1. The predicted molar refractivity (Wildman–Crippen MR) is 115 cm³/mol. The summed E-state index contributed by atoms with van der Waals surface area (Å²) in [5.74, 6) is 0.844. The van der Waals surface area contributed by atoms with Crippen molar-refractivity contribution in [2.24, 2.45) is 0 Å². The molecule has 3 aromatic rings. The van der Waals surface area contributed by atoms with Crippen LogP contribution >= 0.6 is 12.2 Å².